The van der Waals surface area contributed by atoms with E-state index >= 15 is 0 Å². The molecule has 1 amide bonds. The van der Waals surface area contributed by atoms with Crippen LogP contribution >= 0.6 is 23.2 Å². The van der Waals surface area contributed by atoms with Gasteiger partial charge in [0.1, 0.15) is 0 Å². The second kappa shape index (κ2) is 5.90. The van der Waals surface area contributed by atoms with Crippen molar-refractivity contribution < 1.29 is 9.72 Å². The minimum Gasteiger partial charge on any atom is -0.321 e. The molecule has 102 valence electrons. The molecule has 0 heterocycles. The highest BCUT2D eigenvalue weighted by Gasteiger charge is 2.11. The highest BCUT2D eigenvalue weighted by molar-refractivity contribution is 6.36. The van der Waals surface area contributed by atoms with Crippen LogP contribution in [0.5, 0.6) is 0 Å². The Bertz CT molecular complexity index is 672. The van der Waals surface area contributed by atoms with Crippen molar-refractivity contribution in [3.8, 4) is 0 Å². The summed E-state index contributed by atoms with van der Waals surface area (Å²) in [6.45, 7) is 0. The zero-order valence-electron chi connectivity index (χ0n) is 9.97. The number of rotatable bonds is 3. The molecule has 0 fully saturated rings. The van der Waals surface area contributed by atoms with Gasteiger partial charge in [0.2, 0.25) is 0 Å². The summed E-state index contributed by atoms with van der Waals surface area (Å²) in [5, 5.41) is 13.9. The first-order valence-corrected chi connectivity index (χ1v) is 6.24. The second-order valence-electron chi connectivity index (χ2n) is 3.88. The number of amides is 1. The third-order valence-electron chi connectivity index (χ3n) is 2.52. The Morgan fingerprint density at radius 2 is 1.75 bits per heavy atom. The molecule has 0 spiro atoms. The van der Waals surface area contributed by atoms with Crippen LogP contribution < -0.4 is 5.32 Å². The lowest BCUT2D eigenvalue weighted by atomic mass is 10.2. The van der Waals surface area contributed by atoms with Crippen molar-refractivity contribution in [2.75, 3.05) is 5.32 Å². The maximum atomic E-state index is 12.0. The zero-order chi connectivity index (χ0) is 14.7. The number of non-ortho nitro benzene ring substituents is 1. The summed E-state index contributed by atoms with van der Waals surface area (Å²) in [6.07, 6.45) is 0. The van der Waals surface area contributed by atoms with Gasteiger partial charge in [0.25, 0.3) is 11.6 Å². The topological polar surface area (TPSA) is 72.2 Å². The molecule has 2 aromatic carbocycles. The van der Waals surface area contributed by atoms with E-state index in [0.29, 0.717) is 21.3 Å². The highest BCUT2D eigenvalue weighted by atomic mass is 35.5. The van der Waals surface area contributed by atoms with Crippen molar-refractivity contribution in [3.05, 3.63) is 68.2 Å². The van der Waals surface area contributed by atoms with Crippen molar-refractivity contribution in [1.82, 2.24) is 0 Å². The molecular formula is C13H8Cl2N2O3. The van der Waals surface area contributed by atoms with Gasteiger partial charge in [-0.15, -0.1) is 0 Å². The molecule has 0 saturated carbocycles. The number of nitro groups is 1. The van der Waals surface area contributed by atoms with Gasteiger partial charge in [-0.1, -0.05) is 23.2 Å². The lowest BCUT2D eigenvalue weighted by molar-refractivity contribution is -0.384. The highest BCUT2D eigenvalue weighted by Crippen LogP contribution is 2.26. The van der Waals surface area contributed by atoms with E-state index in [0.717, 1.165) is 0 Å². The number of nitrogens with one attached hydrogen (secondary N) is 1. The lowest BCUT2D eigenvalue weighted by Gasteiger charge is -2.07. The molecule has 0 aliphatic rings. The standard InChI is InChI=1S/C13H8Cl2N2O3/c14-9-3-6-12(11(15)7-9)16-13(18)8-1-4-10(5-2-8)17(19)20/h1-7H,(H,16,18). The molecule has 2 aromatic rings. The van der Waals surface area contributed by atoms with Crippen molar-refractivity contribution in [2.45, 2.75) is 0 Å². The minimum atomic E-state index is -0.530. The van der Waals surface area contributed by atoms with E-state index < -0.39 is 10.8 Å². The molecule has 20 heavy (non-hydrogen) atoms. The van der Waals surface area contributed by atoms with Gasteiger partial charge in [0.05, 0.1) is 15.6 Å². The van der Waals surface area contributed by atoms with E-state index in [-0.39, 0.29) is 5.69 Å². The second-order valence-corrected chi connectivity index (χ2v) is 4.73. The maximum absolute atomic E-state index is 12.0. The van der Waals surface area contributed by atoms with Gasteiger partial charge in [-0.25, -0.2) is 0 Å². The lowest BCUT2D eigenvalue weighted by Crippen LogP contribution is -2.12. The monoisotopic (exact) mass is 310 g/mol. The Balaban J connectivity index is 2.17. The van der Waals surface area contributed by atoms with Gasteiger partial charge in [-0.2, -0.15) is 0 Å². The van der Waals surface area contributed by atoms with E-state index in [1.165, 1.54) is 30.3 Å². The van der Waals surface area contributed by atoms with E-state index in [4.69, 9.17) is 23.2 Å². The number of benzene rings is 2. The Morgan fingerprint density at radius 3 is 2.30 bits per heavy atom. The van der Waals surface area contributed by atoms with Gasteiger partial charge in [-0.05, 0) is 30.3 Å². The molecule has 1 N–H and O–H groups in total. The quantitative estimate of drug-likeness (QED) is 0.683. The molecule has 7 heteroatoms. The Morgan fingerprint density at radius 1 is 1.10 bits per heavy atom. The molecular weight excluding hydrogens is 303 g/mol. The van der Waals surface area contributed by atoms with E-state index in [9.17, 15) is 14.9 Å². The van der Waals surface area contributed by atoms with Gasteiger partial charge in [-0.3, -0.25) is 14.9 Å². The van der Waals surface area contributed by atoms with Gasteiger partial charge >= 0.3 is 0 Å². The van der Waals surface area contributed by atoms with Crippen LogP contribution in [0.1, 0.15) is 10.4 Å². The fraction of sp³-hybridized carbons (Fsp3) is 0. The Labute approximate surface area is 124 Å². The Hall–Kier alpha value is -2.11. The van der Waals surface area contributed by atoms with Crippen LogP contribution in [-0.2, 0) is 0 Å². The number of carbonyl (C=O) groups is 1. The summed E-state index contributed by atoms with van der Waals surface area (Å²) >= 11 is 11.7. The van der Waals surface area contributed by atoms with Crippen LogP contribution in [0.25, 0.3) is 0 Å². The van der Waals surface area contributed by atoms with Crippen LogP contribution in [0.4, 0.5) is 11.4 Å². The van der Waals surface area contributed by atoms with E-state index in [1.807, 2.05) is 0 Å². The largest absolute Gasteiger partial charge is 0.321 e. The fourth-order valence-corrected chi connectivity index (χ4v) is 1.98. The number of nitro benzene ring substituents is 1. The number of nitrogens with zero attached hydrogens (tertiary/aromatic N) is 1. The first-order valence-electron chi connectivity index (χ1n) is 5.48. The van der Waals surface area contributed by atoms with Crippen LogP contribution in [-0.4, -0.2) is 10.8 Å². The molecule has 0 aliphatic carbocycles. The summed E-state index contributed by atoms with van der Waals surface area (Å²) in [5.41, 5.74) is 0.632. The van der Waals surface area contributed by atoms with Crippen molar-refractivity contribution >= 4 is 40.5 Å². The number of hydrogen-bond acceptors (Lipinski definition) is 3. The number of hydrogen-bond donors (Lipinski definition) is 1. The fourth-order valence-electron chi connectivity index (χ4n) is 1.52. The molecule has 0 saturated heterocycles. The van der Waals surface area contributed by atoms with Crippen molar-refractivity contribution in [2.24, 2.45) is 0 Å². The first kappa shape index (κ1) is 14.3. The summed E-state index contributed by atoms with van der Waals surface area (Å²) in [4.78, 5) is 22.0. The third-order valence-corrected chi connectivity index (χ3v) is 3.07. The smallest absolute Gasteiger partial charge is 0.269 e. The van der Waals surface area contributed by atoms with Crippen LogP contribution in [0.15, 0.2) is 42.5 Å². The van der Waals surface area contributed by atoms with E-state index in [2.05, 4.69) is 5.32 Å². The molecule has 0 radical (unpaired) electrons. The Kier molecular flexibility index (Phi) is 4.22. The predicted octanol–water partition coefficient (Wildman–Crippen LogP) is 4.15. The number of halogens is 2. The van der Waals surface area contributed by atoms with Gasteiger partial charge < -0.3 is 5.32 Å². The molecule has 0 aromatic heterocycles. The molecule has 5 nitrogen and oxygen atoms in total. The average molecular weight is 311 g/mol. The van der Waals surface area contributed by atoms with Crippen molar-refractivity contribution in [1.29, 1.82) is 0 Å². The average Bonchev–Trinajstić information content (AvgIpc) is 2.42. The molecule has 0 atom stereocenters. The number of anilines is 1. The molecule has 0 unspecified atom stereocenters. The SMILES string of the molecule is O=C(Nc1ccc(Cl)cc1Cl)c1ccc([N+](=O)[O-])cc1. The molecule has 0 bridgehead atoms. The predicted molar refractivity (Wildman–Crippen MR) is 77.5 cm³/mol. The van der Waals surface area contributed by atoms with Crippen LogP contribution in [0.3, 0.4) is 0 Å². The summed E-state index contributed by atoms with van der Waals surface area (Å²) in [6, 6.07) is 9.95. The third kappa shape index (κ3) is 3.26. The van der Waals surface area contributed by atoms with E-state index in [1.54, 1.807) is 12.1 Å². The maximum Gasteiger partial charge on any atom is 0.269 e. The summed E-state index contributed by atoms with van der Waals surface area (Å²) in [7, 11) is 0. The molecule has 0 aliphatic heterocycles. The summed E-state index contributed by atoms with van der Waals surface area (Å²) in [5.74, 6) is -0.413. The molecule has 2 rings (SSSR count). The van der Waals surface area contributed by atoms with Crippen LogP contribution in [0.2, 0.25) is 10.0 Å². The van der Waals surface area contributed by atoms with Gasteiger partial charge in [0, 0.05) is 22.7 Å². The number of carbonyl (C=O) groups excluding carboxylic acids is 1. The summed E-state index contributed by atoms with van der Waals surface area (Å²) < 4.78 is 0. The minimum absolute atomic E-state index is 0.0777. The first-order chi connectivity index (χ1) is 9.47. The van der Waals surface area contributed by atoms with Crippen LogP contribution in [0, 0.1) is 10.1 Å². The van der Waals surface area contributed by atoms with Gasteiger partial charge in [0.15, 0.2) is 0 Å². The zero-order valence-corrected chi connectivity index (χ0v) is 11.5. The van der Waals surface area contributed by atoms with Crippen molar-refractivity contribution in [3.63, 3.8) is 0 Å². The normalized spacial score (nSPS) is 10.1.